The molecule has 1 aromatic carbocycles. The molecule has 1 aromatic rings. The number of aliphatic imine (C=N–C) groups is 1. The number of piperidine rings is 1. The fourth-order valence-corrected chi connectivity index (χ4v) is 3.03. The quantitative estimate of drug-likeness (QED) is 0.197. The van der Waals surface area contributed by atoms with E-state index in [1.54, 1.807) is 14.2 Å². The monoisotopic (exact) mass is 539 g/mol. The lowest BCUT2D eigenvalue weighted by molar-refractivity contribution is -0.137. The van der Waals surface area contributed by atoms with E-state index < -0.39 is 11.7 Å². The highest BCUT2D eigenvalue weighted by Gasteiger charge is 2.29. The molecule has 1 heterocycles. The van der Waals surface area contributed by atoms with Gasteiger partial charge in [0.05, 0.1) is 18.2 Å². The molecule has 1 fully saturated rings. The molecule has 0 spiro atoms. The van der Waals surface area contributed by atoms with Gasteiger partial charge in [0, 0.05) is 46.0 Å². The van der Waals surface area contributed by atoms with Crippen LogP contribution in [0.2, 0.25) is 0 Å². The van der Waals surface area contributed by atoms with Crippen molar-refractivity contribution in [1.82, 2.24) is 10.2 Å². The van der Waals surface area contributed by atoms with Crippen LogP contribution in [0.1, 0.15) is 30.4 Å². The summed E-state index contributed by atoms with van der Waals surface area (Å²) in [5, 5.41) is 3.18. The van der Waals surface area contributed by atoms with Crippen molar-refractivity contribution in [2.45, 2.75) is 31.5 Å². The van der Waals surface area contributed by atoms with Crippen LogP contribution in [-0.2, 0) is 15.7 Å². The molecule has 1 N–H and O–H groups in total. The zero-order chi connectivity index (χ0) is 21.1. The largest absolute Gasteiger partial charge is 0.416 e. The first-order valence-corrected chi connectivity index (χ1v) is 9.66. The van der Waals surface area contributed by atoms with Crippen molar-refractivity contribution in [3.8, 4) is 11.8 Å². The first-order valence-electron chi connectivity index (χ1n) is 9.66. The van der Waals surface area contributed by atoms with Gasteiger partial charge in [0.15, 0.2) is 5.96 Å². The summed E-state index contributed by atoms with van der Waals surface area (Å²) in [7, 11) is 3.41. The Morgan fingerprint density at radius 2 is 1.87 bits per heavy atom. The van der Waals surface area contributed by atoms with Gasteiger partial charge in [-0.25, -0.2) is 0 Å². The number of benzene rings is 1. The SMILES string of the molecule is CN=C(NCC#Cc1ccc(C(F)(F)F)cc1)N1CCC(OCCCOC)CC1.I. The van der Waals surface area contributed by atoms with Gasteiger partial charge in [-0.2, -0.15) is 13.2 Å². The number of nitrogens with one attached hydrogen (secondary N) is 1. The fraction of sp³-hybridized carbons (Fsp3) is 0.571. The highest BCUT2D eigenvalue weighted by Crippen LogP contribution is 2.28. The minimum absolute atomic E-state index is 0. The molecule has 0 unspecified atom stereocenters. The summed E-state index contributed by atoms with van der Waals surface area (Å²) < 4.78 is 48.6. The number of nitrogens with zero attached hydrogens (tertiary/aromatic N) is 2. The Kier molecular flexibility index (Phi) is 12.1. The summed E-state index contributed by atoms with van der Waals surface area (Å²) in [5.41, 5.74) is -0.131. The Labute approximate surface area is 193 Å². The van der Waals surface area contributed by atoms with Gasteiger partial charge in [-0.05, 0) is 43.5 Å². The van der Waals surface area contributed by atoms with E-state index in [1.807, 2.05) is 0 Å². The molecule has 1 saturated heterocycles. The molecule has 0 atom stereocenters. The zero-order valence-electron chi connectivity index (χ0n) is 17.3. The van der Waals surface area contributed by atoms with Crippen LogP contribution in [0.5, 0.6) is 0 Å². The van der Waals surface area contributed by atoms with Gasteiger partial charge in [0.25, 0.3) is 0 Å². The van der Waals surface area contributed by atoms with Gasteiger partial charge in [0.1, 0.15) is 0 Å². The molecule has 1 aliphatic heterocycles. The Hall–Kier alpha value is -1.51. The van der Waals surface area contributed by atoms with Crippen molar-refractivity contribution in [2.75, 3.05) is 47.0 Å². The van der Waals surface area contributed by atoms with Crippen molar-refractivity contribution >= 4 is 29.9 Å². The number of rotatable bonds is 6. The number of hydrogen-bond acceptors (Lipinski definition) is 3. The number of hydrogen-bond donors (Lipinski definition) is 1. The predicted octanol–water partition coefficient (Wildman–Crippen LogP) is 3.77. The lowest BCUT2D eigenvalue weighted by atomic mass is 10.1. The Morgan fingerprint density at radius 3 is 2.43 bits per heavy atom. The molecule has 0 amide bonds. The minimum atomic E-state index is -4.33. The minimum Gasteiger partial charge on any atom is -0.385 e. The summed E-state index contributed by atoms with van der Waals surface area (Å²) in [6, 6.07) is 4.83. The number of ether oxygens (including phenoxy) is 2. The number of methoxy groups -OCH3 is 1. The zero-order valence-corrected chi connectivity index (χ0v) is 19.6. The van der Waals surface area contributed by atoms with Gasteiger partial charge in [-0.15, -0.1) is 24.0 Å². The molecule has 2 rings (SSSR count). The van der Waals surface area contributed by atoms with Crippen molar-refractivity contribution in [3.63, 3.8) is 0 Å². The van der Waals surface area contributed by atoms with Gasteiger partial charge in [-0.1, -0.05) is 11.8 Å². The molecule has 30 heavy (non-hydrogen) atoms. The molecule has 168 valence electrons. The fourth-order valence-electron chi connectivity index (χ4n) is 3.03. The third-order valence-corrected chi connectivity index (χ3v) is 4.58. The van der Waals surface area contributed by atoms with Crippen LogP contribution in [0.25, 0.3) is 0 Å². The molecule has 0 aliphatic carbocycles. The predicted molar refractivity (Wildman–Crippen MR) is 122 cm³/mol. The van der Waals surface area contributed by atoms with Crippen LogP contribution in [0, 0.1) is 11.8 Å². The molecule has 0 radical (unpaired) electrons. The second-order valence-electron chi connectivity index (χ2n) is 6.68. The lowest BCUT2D eigenvalue weighted by Gasteiger charge is -2.34. The first-order chi connectivity index (χ1) is 13.9. The summed E-state index contributed by atoms with van der Waals surface area (Å²) >= 11 is 0. The van der Waals surface area contributed by atoms with Gasteiger partial charge >= 0.3 is 6.18 Å². The summed E-state index contributed by atoms with van der Waals surface area (Å²) in [6.07, 6.45) is -1.30. The Morgan fingerprint density at radius 1 is 1.20 bits per heavy atom. The smallest absolute Gasteiger partial charge is 0.385 e. The summed E-state index contributed by atoms with van der Waals surface area (Å²) in [4.78, 5) is 6.45. The lowest BCUT2D eigenvalue weighted by Crippen LogP contribution is -2.47. The van der Waals surface area contributed by atoms with Crippen molar-refractivity contribution in [3.05, 3.63) is 35.4 Å². The molecule has 0 aromatic heterocycles. The average molecular weight is 539 g/mol. The Balaban J connectivity index is 0.00000450. The van der Waals surface area contributed by atoms with Crippen LogP contribution >= 0.6 is 24.0 Å². The van der Waals surface area contributed by atoms with Crippen molar-refractivity contribution in [2.24, 2.45) is 4.99 Å². The van der Waals surface area contributed by atoms with Gasteiger partial charge in [0.2, 0.25) is 0 Å². The highest BCUT2D eigenvalue weighted by atomic mass is 127. The third kappa shape index (κ3) is 9.10. The second-order valence-corrected chi connectivity index (χ2v) is 6.68. The number of likely N-dealkylation sites (tertiary alicyclic amines) is 1. The highest BCUT2D eigenvalue weighted by molar-refractivity contribution is 14.0. The van der Waals surface area contributed by atoms with Crippen LogP contribution in [0.15, 0.2) is 29.3 Å². The van der Waals surface area contributed by atoms with E-state index in [1.165, 1.54) is 12.1 Å². The topological polar surface area (TPSA) is 46.1 Å². The van der Waals surface area contributed by atoms with E-state index in [9.17, 15) is 13.2 Å². The van der Waals surface area contributed by atoms with Gasteiger partial charge in [-0.3, -0.25) is 4.99 Å². The van der Waals surface area contributed by atoms with Crippen molar-refractivity contribution < 1.29 is 22.6 Å². The maximum absolute atomic E-state index is 12.6. The second kappa shape index (κ2) is 13.7. The van der Waals surface area contributed by atoms with E-state index in [-0.39, 0.29) is 30.1 Å². The number of alkyl halides is 3. The van der Waals surface area contributed by atoms with E-state index >= 15 is 0 Å². The van der Waals surface area contributed by atoms with Crippen LogP contribution < -0.4 is 5.32 Å². The summed E-state index contributed by atoms with van der Waals surface area (Å²) in [5.74, 6) is 6.56. The van der Waals surface area contributed by atoms with E-state index in [0.29, 0.717) is 25.3 Å². The standard InChI is InChI=1S/C21H28F3N3O2.HI/c1-25-20(27-13-10-19(11-14-27)29-16-4-15-28-2)26-12-3-5-17-6-8-18(9-7-17)21(22,23)24;/h6-9,19H,4,10-16H2,1-2H3,(H,25,26);1H. The van der Waals surface area contributed by atoms with E-state index in [0.717, 1.165) is 50.4 Å². The molecule has 1 aliphatic rings. The molecule has 5 nitrogen and oxygen atoms in total. The van der Waals surface area contributed by atoms with Crippen LogP contribution in [0.4, 0.5) is 13.2 Å². The molecular weight excluding hydrogens is 510 g/mol. The maximum atomic E-state index is 12.6. The summed E-state index contributed by atoms with van der Waals surface area (Å²) in [6.45, 7) is 3.48. The third-order valence-electron chi connectivity index (χ3n) is 4.58. The van der Waals surface area contributed by atoms with E-state index in [4.69, 9.17) is 9.47 Å². The average Bonchev–Trinajstić information content (AvgIpc) is 2.72. The van der Waals surface area contributed by atoms with E-state index in [2.05, 4.69) is 27.0 Å². The normalized spacial score (nSPS) is 15.2. The number of guanidine groups is 1. The molecular formula is C21H29F3IN3O2. The molecule has 9 heteroatoms. The first kappa shape index (κ1) is 26.5. The van der Waals surface area contributed by atoms with Crippen LogP contribution in [0.3, 0.4) is 0 Å². The number of halogens is 4. The van der Waals surface area contributed by atoms with Crippen molar-refractivity contribution in [1.29, 1.82) is 0 Å². The van der Waals surface area contributed by atoms with Gasteiger partial charge < -0.3 is 19.7 Å². The Bertz CT molecular complexity index is 707. The molecule has 0 bridgehead atoms. The van der Waals surface area contributed by atoms with Crippen LogP contribution in [-0.4, -0.2) is 64.0 Å². The maximum Gasteiger partial charge on any atom is 0.416 e. The molecule has 0 saturated carbocycles.